The number of carbonyl (C=O) groups is 6. The monoisotopic (exact) mass is 1070 g/mol. The standard InChI is InChI=1S/C59H91NO16/c1-35-18-15-14-16-19-36(2)47(69-11)30-44-23-21-41(7)59(68,76-44)53(64)54(65)60-25-17-20-43(32-60)55(66)74-48(31-45(61)37(3)27-40(6)51(63)52(71-13)50(62)39(5)26-35)38(4)28-42-22-24-46(49(29-42)70-12)75-56(67)58(10)33-72-57(8,9)73-34-58/h14-16,18-19,27,35,37-39,41-44,46-49,51-52,63,68H,17,20-26,28-34H2,1-13H3/b16-14+,18-15+,36-19?,40-27+/t35-,37-,38-,39-,41-,42+,43?,44+,46-,47+,48+,49-,51-,52+,59-/m1/s1. The summed E-state index contributed by atoms with van der Waals surface area (Å²) < 4.78 is 47.5. The molecule has 1 saturated carbocycles. The zero-order valence-corrected chi connectivity index (χ0v) is 47.7. The predicted octanol–water partition coefficient (Wildman–Crippen LogP) is 7.38. The van der Waals surface area contributed by atoms with Gasteiger partial charge in [0, 0.05) is 65.0 Å². The van der Waals surface area contributed by atoms with Crippen LogP contribution in [0.15, 0.2) is 47.6 Å². The van der Waals surface area contributed by atoms with Crippen molar-refractivity contribution in [2.75, 3.05) is 47.6 Å². The number of hydrogen-bond donors (Lipinski definition) is 2. The molecule has 4 bridgehead atoms. The highest BCUT2D eigenvalue weighted by Crippen LogP contribution is 2.39. The quantitative estimate of drug-likeness (QED) is 0.138. The maximum absolute atomic E-state index is 14.4. The molecule has 76 heavy (non-hydrogen) atoms. The van der Waals surface area contributed by atoms with Gasteiger partial charge in [0.1, 0.15) is 35.6 Å². The topological polar surface area (TPSA) is 220 Å². The van der Waals surface area contributed by atoms with Crippen LogP contribution in [0.25, 0.3) is 0 Å². The van der Waals surface area contributed by atoms with Crippen LogP contribution in [0.1, 0.15) is 140 Å². The minimum Gasteiger partial charge on any atom is -0.461 e. The third kappa shape index (κ3) is 16.3. The van der Waals surface area contributed by atoms with Crippen LogP contribution < -0.4 is 0 Å². The van der Waals surface area contributed by atoms with Crippen molar-refractivity contribution in [3.63, 3.8) is 0 Å². The number of amides is 1. The average Bonchev–Trinajstić information content (AvgIpc) is 3.39. The zero-order chi connectivity index (χ0) is 56.3. The van der Waals surface area contributed by atoms with Gasteiger partial charge in [-0.1, -0.05) is 71.1 Å². The molecule has 0 aromatic carbocycles. The second kappa shape index (κ2) is 27.8. The Morgan fingerprint density at radius 3 is 2.20 bits per heavy atom. The summed E-state index contributed by atoms with van der Waals surface area (Å²) in [6, 6.07) is 0. The largest absolute Gasteiger partial charge is 0.461 e. The minimum absolute atomic E-state index is 0.000421. The Balaban J connectivity index is 1.40. The van der Waals surface area contributed by atoms with Gasteiger partial charge < -0.3 is 53.0 Å². The van der Waals surface area contributed by atoms with Crippen molar-refractivity contribution in [3.8, 4) is 0 Å². The summed E-state index contributed by atoms with van der Waals surface area (Å²) in [7, 11) is 4.54. The summed E-state index contributed by atoms with van der Waals surface area (Å²) in [4.78, 5) is 85.5. The molecule has 1 aliphatic carbocycles. The van der Waals surface area contributed by atoms with Crippen molar-refractivity contribution >= 4 is 35.2 Å². The first-order valence-corrected chi connectivity index (χ1v) is 27.7. The predicted molar refractivity (Wildman–Crippen MR) is 283 cm³/mol. The highest BCUT2D eigenvalue weighted by atomic mass is 16.7. The summed E-state index contributed by atoms with van der Waals surface area (Å²) >= 11 is 0. The van der Waals surface area contributed by atoms with Crippen molar-refractivity contribution in [2.45, 2.75) is 194 Å². The van der Waals surface area contributed by atoms with E-state index in [-0.39, 0.29) is 62.0 Å². The first-order valence-electron chi connectivity index (χ1n) is 27.7. The van der Waals surface area contributed by atoms with E-state index in [4.69, 9.17) is 37.9 Å². The highest BCUT2D eigenvalue weighted by Gasteiger charge is 2.52. The number of ketones is 3. The number of nitrogens with zero attached hydrogens (tertiary/aromatic N) is 1. The number of esters is 2. The van der Waals surface area contributed by atoms with Gasteiger partial charge in [0.15, 0.2) is 11.6 Å². The molecule has 5 rings (SSSR count). The molecule has 17 heteroatoms. The van der Waals surface area contributed by atoms with Gasteiger partial charge in [0.2, 0.25) is 5.79 Å². The first kappa shape index (κ1) is 62.9. The van der Waals surface area contributed by atoms with E-state index in [1.165, 1.54) is 12.0 Å². The lowest BCUT2D eigenvalue weighted by molar-refractivity contribution is -0.283. The van der Waals surface area contributed by atoms with Gasteiger partial charge in [-0.15, -0.1) is 0 Å². The van der Waals surface area contributed by atoms with Gasteiger partial charge in [-0.25, -0.2) is 0 Å². The van der Waals surface area contributed by atoms with E-state index in [0.717, 1.165) is 5.57 Å². The van der Waals surface area contributed by atoms with Gasteiger partial charge in [-0.3, -0.25) is 28.8 Å². The molecule has 0 aromatic heterocycles. The van der Waals surface area contributed by atoms with Crippen molar-refractivity contribution < 1.29 is 76.9 Å². The van der Waals surface area contributed by atoms with E-state index < -0.39 is 107 Å². The van der Waals surface area contributed by atoms with E-state index in [9.17, 15) is 39.0 Å². The van der Waals surface area contributed by atoms with Crippen LogP contribution in [0.3, 0.4) is 0 Å². The van der Waals surface area contributed by atoms with E-state index >= 15 is 0 Å². The van der Waals surface area contributed by atoms with Crippen LogP contribution in [0.5, 0.6) is 0 Å². The van der Waals surface area contributed by atoms with E-state index in [1.807, 2.05) is 58.1 Å². The lowest BCUT2D eigenvalue weighted by atomic mass is 9.78. The summed E-state index contributed by atoms with van der Waals surface area (Å²) in [6.07, 6.45) is 10.4. The molecule has 0 spiro atoms. The van der Waals surface area contributed by atoms with Gasteiger partial charge in [0.05, 0.1) is 37.4 Å². The zero-order valence-electron chi connectivity index (χ0n) is 47.7. The number of methoxy groups -OCH3 is 3. The fraction of sp³-hybridized carbons (Fsp3) is 0.763. The van der Waals surface area contributed by atoms with E-state index in [2.05, 4.69) is 0 Å². The maximum atomic E-state index is 14.4. The molecule has 15 atom stereocenters. The van der Waals surface area contributed by atoms with Crippen LogP contribution in [-0.4, -0.2) is 152 Å². The number of fused-ring (bicyclic) bond motifs is 4. The molecule has 2 N–H and O–H groups in total. The molecule has 4 aliphatic heterocycles. The number of rotatable bonds is 8. The molecule has 428 valence electrons. The Labute approximate surface area is 451 Å². The van der Waals surface area contributed by atoms with Crippen LogP contribution >= 0.6 is 0 Å². The molecule has 4 fully saturated rings. The molecular formula is C59H91NO16. The third-order valence-electron chi connectivity index (χ3n) is 16.7. The number of allylic oxidation sites excluding steroid dienone is 6. The molecule has 3 saturated heterocycles. The number of hydrogen-bond acceptors (Lipinski definition) is 16. The normalized spacial score (nSPS) is 38.1. The third-order valence-corrected chi connectivity index (χ3v) is 16.7. The average molecular weight is 1070 g/mol. The number of aliphatic hydroxyl groups excluding tert-OH is 1. The van der Waals surface area contributed by atoms with Gasteiger partial charge in [-0.2, -0.15) is 0 Å². The number of Topliss-reactive ketones (excluding diaryl/α,β-unsaturated/α-hetero) is 3. The number of carbonyl (C=O) groups excluding carboxylic acids is 6. The highest BCUT2D eigenvalue weighted by molar-refractivity contribution is 6.38. The molecule has 0 aromatic rings. The molecule has 1 amide bonds. The fourth-order valence-electron chi connectivity index (χ4n) is 11.3. The number of piperidine rings is 1. The van der Waals surface area contributed by atoms with Gasteiger partial charge >= 0.3 is 11.9 Å². The lowest BCUT2D eigenvalue weighted by Gasteiger charge is -2.42. The van der Waals surface area contributed by atoms with Gasteiger partial charge in [-0.05, 0) is 121 Å². The van der Waals surface area contributed by atoms with Crippen molar-refractivity contribution in [3.05, 3.63) is 47.6 Å². The Bertz CT molecular complexity index is 2140. The second-order valence-corrected chi connectivity index (χ2v) is 23.6. The molecule has 1 unspecified atom stereocenters. The summed E-state index contributed by atoms with van der Waals surface area (Å²) in [5, 5.41) is 23.5. The van der Waals surface area contributed by atoms with Crippen LogP contribution in [-0.2, 0) is 66.7 Å². The number of cyclic esters (lactones) is 1. The van der Waals surface area contributed by atoms with Crippen LogP contribution in [0.4, 0.5) is 0 Å². The SMILES string of the molecule is CO[C@H]1C[C@@H]2CC[C@@H](C)[C@@](O)(O2)C(=O)C(=O)N2CCCC(C2)C(=O)O[C@H]([C@H](C)C[C@@H]2CC[C@@H](OC(=O)C3(C)COC(C)(C)OC3)[C@H](OC)C2)CC(=O)[C@H](C)/C=C(\C)[C@@H](O)[C@@H](OC)C(=O)[C@H](C)C[C@H](C)/C=C/C=C/C=C1C. The van der Waals surface area contributed by atoms with E-state index in [0.29, 0.717) is 69.8 Å². The first-order chi connectivity index (χ1) is 35.8. The van der Waals surface area contributed by atoms with Crippen molar-refractivity contribution in [1.29, 1.82) is 0 Å². The van der Waals surface area contributed by atoms with E-state index in [1.54, 1.807) is 61.8 Å². The molecule has 5 aliphatic rings. The van der Waals surface area contributed by atoms with Crippen LogP contribution in [0.2, 0.25) is 0 Å². The Morgan fingerprint density at radius 2 is 1.54 bits per heavy atom. The Morgan fingerprint density at radius 1 is 0.842 bits per heavy atom. The van der Waals surface area contributed by atoms with Crippen molar-refractivity contribution in [2.24, 2.45) is 46.8 Å². The maximum Gasteiger partial charge on any atom is 0.316 e. The summed E-state index contributed by atoms with van der Waals surface area (Å²) in [5.41, 5.74) is 0.277. The summed E-state index contributed by atoms with van der Waals surface area (Å²) in [6.45, 7) is 18.4. The minimum atomic E-state index is -2.39. The molecule has 4 heterocycles. The molecule has 0 radical (unpaired) electrons. The number of aliphatic hydroxyl groups is 2. The van der Waals surface area contributed by atoms with Gasteiger partial charge in [0.25, 0.3) is 11.7 Å². The molecular weight excluding hydrogens is 979 g/mol. The Hall–Kier alpha value is -3.94. The van der Waals surface area contributed by atoms with Crippen molar-refractivity contribution in [1.82, 2.24) is 4.90 Å². The molecule has 17 nitrogen and oxygen atoms in total. The smallest absolute Gasteiger partial charge is 0.316 e. The number of ether oxygens (including phenoxy) is 8. The second-order valence-electron chi connectivity index (χ2n) is 23.6. The van der Waals surface area contributed by atoms with Crippen LogP contribution in [0, 0.1) is 46.8 Å². The summed E-state index contributed by atoms with van der Waals surface area (Å²) in [5.74, 6) is -9.86. The fourth-order valence-corrected chi connectivity index (χ4v) is 11.3. The lowest BCUT2D eigenvalue weighted by Crippen LogP contribution is -2.59. The Kier molecular flexibility index (Phi) is 23.0.